The largest absolute Gasteiger partial charge is 0.313 e. The molecule has 20 heavy (non-hydrogen) atoms. The maximum Gasteiger partial charge on any atom is 0.0223 e. The number of likely N-dealkylation sites (N-methyl/N-ethyl adjacent to an activating group) is 2. The third-order valence-electron chi connectivity index (χ3n) is 4.67. The molecule has 1 aliphatic carbocycles. The minimum Gasteiger partial charge on any atom is -0.313 e. The highest BCUT2D eigenvalue weighted by atomic mass is 15.2. The fraction of sp³-hybridized carbons (Fsp3) is 1.00. The lowest BCUT2D eigenvalue weighted by molar-refractivity contribution is 0.184. The van der Waals surface area contributed by atoms with Gasteiger partial charge in [0.05, 0.1) is 0 Å². The first kappa shape index (κ1) is 17.9. The van der Waals surface area contributed by atoms with Crippen molar-refractivity contribution in [3.8, 4) is 0 Å². The molecule has 3 heteroatoms. The second-order valence-electron chi connectivity index (χ2n) is 6.61. The van der Waals surface area contributed by atoms with Gasteiger partial charge >= 0.3 is 0 Å². The number of rotatable bonds is 10. The van der Waals surface area contributed by atoms with Crippen molar-refractivity contribution in [3.05, 3.63) is 0 Å². The highest BCUT2D eigenvalue weighted by molar-refractivity contribution is 4.82. The fourth-order valence-corrected chi connectivity index (χ4v) is 3.45. The quantitative estimate of drug-likeness (QED) is 0.665. The lowest BCUT2D eigenvalue weighted by Gasteiger charge is -2.35. The summed E-state index contributed by atoms with van der Waals surface area (Å²) in [7, 11) is 4.33. The summed E-state index contributed by atoms with van der Waals surface area (Å²) in [5.41, 5.74) is 0. The van der Waals surface area contributed by atoms with Crippen molar-refractivity contribution in [3.63, 3.8) is 0 Å². The van der Waals surface area contributed by atoms with Gasteiger partial charge in [-0.05, 0) is 65.5 Å². The molecule has 1 atom stereocenters. The molecule has 3 nitrogen and oxygen atoms in total. The van der Waals surface area contributed by atoms with Crippen molar-refractivity contribution in [1.82, 2.24) is 15.1 Å². The Kier molecular flexibility index (Phi) is 9.49. The second kappa shape index (κ2) is 10.6. The van der Waals surface area contributed by atoms with Crippen LogP contribution in [0.25, 0.3) is 0 Å². The summed E-state index contributed by atoms with van der Waals surface area (Å²) in [5, 5.41) is 3.76. The van der Waals surface area contributed by atoms with Crippen LogP contribution in [0.5, 0.6) is 0 Å². The van der Waals surface area contributed by atoms with Crippen LogP contribution in [-0.4, -0.2) is 62.7 Å². The molecule has 0 aromatic carbocycles. The van der Waals surface area contributed by atoms with E-state index < -0.39 is 0 Å². The maximum absolute atomic E-state index is 3.76. The first-order chi connectivity index (χ1) is 9.67. The number of nitrogens with one attached hydrogen (secondary N) is 1. The summed E-state index contributed by atoms with van der Waals surface area (Å²) in [6, 6.07) is 0.708. The minimum absolute atomic E-state index is 0.708. The highest BCUT2D eigenvalue weighted by Gasteiger charge is 2.24. The maximum atomic E-state index is 3.76. The predicted molar refractivity (Wildman–Crippen MR) is 89.3 cm³/mol. The Labute approximate surface area is 127 Å². The molecule has 0 bridgehead atoms. The summed E-state index contributed by atoms with van der Waals surface area (Å²) in [5.74, 6) is 0.909. The number of nitrogens with zero attached hydrogens (tertiary/aromatic N) is 2. The lowest BCUT2D eigenvalue weighted by atomic mass is 9.83. The normalized spacial score (nSPS) is 18.9. The zero-order chi connectivity index (χ0) is 14.8. The van der Waals surface area contributed by atoms with Gasteiger partial charge in [0, 0.05) is 12.6 Å². The molecule has 1 fully saturated rings. The van der Waals surface area contributed by atoms with Gasteiger partial charge in [-0.3, -0.25) is 0 Å². The summed E-state index contributed by atoms with van der Waals surface area (Å²) < 4.78 is 0. The smallest absolute Gasteiger partial charge is 0.0223 e. The topological polar surface area (TPSA) is 18.5 Å². The van der Waals surface area contributed by atoms with Gasteiger partial charge in [0.1, 0.15) is 0 Å². The fourth-order valence-electron chi connectivity index (χ4n) is 3.45. The number of hydrogen-bond donors (Lipinski definition) is 1. The second-order valence-corrected chi connectivity index (χ2v) is 6.61. The summed E-state index contributed by atoms with van der Waals surface area (Å²) >= 11 is 0. The molecule has 1 N–H and O–H groups in total. The molecule has 1 rings (SSSR count). The molecule has 0 spiro atoms. The molecule has 1 unspecified atom stereocenters. The molecule has 0 radical (unpaired) electrons. The molecule has 0 aromatic heterocycles. The zero-order valence-electron chi connectivity index (χ0n) is 14.3. The van der Waals surface area contributed by atoms with Crippen molar-refractivity contribution >= 4 is 0 Å². The molecule has 0 saturated heterocycles. The Hall–Kier alpha value is -0.120. The van der Waals surface area contributed by atoms with Crippen LogP contribution in [-0.2, 0) is 0 Å². The van der Waals surface area contributed by atoms with E-state index in [0.717, 1.165) is 12.5 Å². The predicted octanol–water partition coefficient (Wildman–Crippen LogP) is 2.82. The van der Waals surface area contributed by atoms with Crippen LogP contribution in [0, 0.1) is 5.92 Å². The third kappa shape index (κ3) is 7.05. The van der Waals surface area contributed by atoms with E-state index in [-0.39, 0.29) is 0 Å². The van der Waals surface area contributed by atoms with E-state index in [0.29, 0.717) is 6.04 Å². The van der Waals surface area contributed by atoms with Crippen molar-refractivity contribution in [2.45, 2.75) is 58.4 Å². The Morgan fingerprint density at radius 1 is 1.05 bits per heavy atom. The average Bonchev–Trinajstić information content (AvgIpc) is 2.46. The summed E-state index contributed by atoms with van der Waals surface area (Å²) in [6.07, 6.45) is 8.50. The van der Waals surface area contributed by atoms with Crippen LogP contribution < -0.4 is 5.32 Å². The standard InChI is InChI=1S/C17H37N3/c1-5-18-17(16-11-8-7-9-12-16)15-20(6-2)14-10-13-19(3)4/h16-18H,5-15H2,1-4H3. The molecule has 1 aliphatic rings. The van der Waals surface area contributed by atoms with E-state index >= 15 is 0 Å². The van der Waals surface area contributed by atoms with Crippen LogP contribution >= 0.6 is 0 Å². The van der Waals surface area contributed by atoms with Gasteiger partial charge in [-0.1, -0.05) is 33.1 Å². The van der Waals surface area contributed by atoms with Gasteiger partial charge in [-0.25, -0.2) is 0 Å². The number of hydrogen-bond acceptors (Lipinski definition) is 3. The average molecular weight is 284 g/mol. The Morgan fingerprint density at radius 3 is 2.30 bits per heavy atom. The van der Waals surface area contributed by atoms with Crippen molar-refractivity contribution in [1.29, 1.82) is 0 Å². The van der Waals surface area contributed by atoms with E-state index in [9.17, 15) is 0 Å². The summed E-state index contributed by atoms with van der Waals surface area (Å²) in [4.78, 5) is 4.93. The van der Waals surface area contributed by atoms with Crippen molar-refractivity contribution < 1.29 is 0 Å². The highest BCUT2D eigenvalue weighted by Crippen LogP contribution is 2.26. The Bertz CT molecular complexity index is 224. The summed E-state index contributed by atoms with van der Waals surface area (Å²) in [6.45, 7) is 10.5. The molecule has 0 aromatic rings. The van der Waals surface area contributed by atoms with E-state index in [1.807, 2.05) is 0 Å². The molecular weight excluding hydrogens is 246 g/mol. The van der Waals surface area contributed by atoms with E-state index in [2.05, 4.69) is 43.1 Å². The van der Waals surface area contributed by atoms with Crippen LogP contribution in [0.3, 0.4) is 0 Å². The van der Waals surface area contributed by atoms with Crippen LogP contribution in [0.4, 0.5) is 0 Å². The lowest BCUT2D eigenvalue weighted by Crippen LogP contribution is -2.46. The first-order valence-corrected chi connectivity index (χ1v) is 8.77. The third-order valence-corrected chi connectivity index (χ3v) is 4.67. The monoisotopic (exact) mass is 283 g/mol. The van der Waals surface area contributed by atoms with Gasteiger partial charge in [0.15, 0.2) is 0 Å². The molecule has 0 amide bonds. The van der Waals surface area contributed by atoms with Crippen LogP contribution in [0.2, 0.25) is 0 Å². The van der Waals surface area contributed by atoms with E-state index in [1.54, 1.807) is 0 Å². The van der Waals surface area contributed by atoms with Crippen LogP contribution in [0.1, 0.15) is 52.4 Å². The molecule has 0 aliphatic heterocycles. The van der Waals surface area contributed by atoms with E-state index in [1.165, 1.54) is 64.7 Å². The van der Waals surface area contributed by atoms with E-state index in [4.69, 9.17) is 0 Å². The van der Waals surface area contributed by atoms with Crippen molar-refractivity contribution in [2.24, 2.45) is 5.92 Å². The molecule has 1 saturated carbocycles. The minimum atomic E-state index is 0.708. The molecule has 0 heterocycles. The molecule has 120 valence electrons. The first-order valence-electron chi connectivity index (χ1n) is 8.77. The van der Waals surface area contributed by atoms with Gasteiger partial charge in [-0.15, -0.1) is 0 Å². The zero-order valence-corrected chi connectivity index (χ0v) is 14.3. The Balaban J connectivity index is 2.39. The van der Waals surface area contributed by atoms with Gasteiger partial charge in [-0.2, -0.15) is 0 Å². The van der Waals surface area contributed by atoms with Gasteiger partial charge < -0.3 is 15.1 Å². The van der Waals surface area contributed by atoms with Crippen molar-refractivity contribution in [2.75, 3.05) is 46.8 Å². The van der Waals surface area contributed by atoms with Gasteiger partial charge in [0.2, 0.25) is 0 Å². The van der Waals surface area contributed by atoms with Gasteiger partial charge in [0.25, 0.3) is 0 Å². The SMILES string of the molecule is CCNC(CN(CC)CCCN(C)C)C1CCCCC1. The Morgan fingerprint density at radius 2 is 1.75 bits per heavy atom. The molecular formula is C17H37N3. The van der Waals surface area contributed by atoms with Crippen LogP contribution in [0.15, 0.2) is 0 Å².